The van der Waals surface area contributed by atoms with E-state index in [0.29, 0.717) is 0 Å². The number of hydrogen-bond acceptors (Lipinski definition) is 1. The van der Waals surface area contributed by atoms with Gasteiger partial charge in [0.25, 0.3) is 0 Å². The number of aldehydes is 1. The van der Waals surface area contributed by atoms with Crippen molar-refractivity contribution in [2.75, 3.05) is 0 Å². The van der Waals surface area contributed by atoms with Gasteiger partial charge in [-0.15, -0.1) is 0 Å². The van der Waals surface area contributed by atoms with Gasteiger partial charge in [0.2, 0.25) is 0 Å². The Morgan fingerprint density at radius 1 is 1.31 bits per heavy atom. The van der Waals surface area contributed by atoms with Gasteiger partial charge in [0, 0.05) is 5.41 Å². The molecule has 0 heterocycles. The zero-order valence-corrected chi connectivity index (χ0v) is 8.29. The first-order valence-electron chi connectivity index (χ1n) is 4.75. The Hall–Kier alpha value is -1.11. The molecule has 0 saturated carbocycles. The van der Waals surface area contributed by atoms with E-state index in [0.717, 1.165) is 24.7 Å². The van der Waals surface area contributed by atoms with Crippen molar-refractivity contribution in [3.05, 3.63) is 35.9 Å². The molecular weight excluding hydrogens is 160 g/mol. The van der Waals surface area contributed by atoms with E-state index in [1.807, 2.05) is 37.3 Å². The Morgan fingerprint density at radius 2 is 1.92 bits per heavy atom. The number of benzene rings is 1. The van der Waals surface area contributed by atoms with Gasteiger partial charge >= 0.3 is 0 Å². The second-order valence-corrected chi connectivity index (χ2v) is 3.65. The first-order chi connectivity index (χ1) is 6.23. The Bertz CT molecular complexity index is 266. The van der Waals surface area contributed by atoms with Gasteiger partial charge in [-0.05, 0) is 18.9 Å². The lowest BCUT2D eigenvalue weighted by Gasteiger charge is -2.22. The van der Waals surface area contributed by atoms with E-state index in [4.69, 9.17) is 0 Å². The van der Waals surface area contributed by atoms with Crippen LogP contribution >= 0.6 is 0 Å². The zero-order valence-electron chi connectivity index (χ0n) is 8.29. The predicted octanol–water partition coefficient (Wildman–Crippen LogP) is 2.94. The molecule has 0 spiro atoms. The normalized spacial score (nSPS) is 14.9. The lowest BCUT2D eigenvalue weighted by molar-refractivity contribution is -0.112. The molecule has 0 fully saturated rings. The Balaban J connectivity index is 2.95. The van der Waals surface area contributed by atoms with Gasteiger partial charge in [-0.25, -0.2) is 0 Å². The minimum atomic E-state index is -0.296. The van der Waals surface area contributed by atoms with Crippen LogP contribution in [0.2, 0.25) is 0 Å². The van der Waals surface area contributed by atoms with E-state index in [-0.39, 0.29) is 5.41 Å². The van der Waals surface area contributed by atoms with E-state index < -0.39 is 0 Å². The van der Waals surface area contributed by atoms with Gasteiger partial charge in [0.1, 0.15) is 6.29 Å². The average Bonchev–Trinajstić information content (AvgIpc) is 2.19. The molecule has 0 aromatic heterocycles. The first-order valence-corrected chi connectivity index (χ1v) is 4.75. The third-order valence-corrected chi connectivity index (χ3v) is 2.46. The monoisotopic (exact) mass is 176 g/mol. The van der Waals surface area contributed by atoms with Gasteiger partial charge < -0.3 is 4.79 Å². The summed E-state index contributed by atoms with van der Waals surface area (Å²) in [5, 5.41) is 0. The average molecular weight is 176 g/mol. The van der Waals surface area contributed by atoms with Crippen LogP contribution in [0.25, 0.3) is 0 Å². The highest BCUT2D eigenvalue weighted by molar-refractivity contribution is 5.67. The van der Waals surface area contributed by atoms with Crippen molar-refractivity contribution in [2.24, 2.45) is 0 Å². The highest BCUT2D eigenvalue weighted by atomic mass is 16.1. The van der Waals surface area contributed by atoms with Gasteiger partial charge in [-0.1, -0.05) is 43.7 Å². The molecule has 1 heteroatoms. The van der Waals surface area contributed by atoms with Crippen molar-refractivity contribution in [3.63, 3.8) is 0 Å². The first kappa shape index (κ1) is 9.97. The molecule has 1 aromatic rings. The summed E-state index contributed by atoms with van der Waals surface area (Å²) < 4.78 is 0. The van der Waals surface area contributed by atoms with E-state index in [1.54, 1.807) is 0 Å². The quantitative estimate of drug-likeness (QED) is 0.645. The summed E-state index contributed by atoms with van der Waals surface area (Å²) >= 11 is 0. The SMILES string of the molecule is CCC[C@](C)(C=O)c1ccccc1. The van der Waals surface area contributed by atoms with Gasteiger partial charge in [-0.3, -0.25) is 0 Å². The van der Waals surface area contributed by atoms with Crippen LogP contribution in [0.1, 0.15) is 32.3 Å². The predicted molar refractivity (Wildman–Crippen MR) is 54.8 cm³/mol. The summed E-state index contributed by atoms with van der Waals surface area (Å²) in [4.78, 5) is 11.0. The smallest absolute Gasteiger partial charge is 0.130 e. The third kappa shape index (κ3) is 2.18. The lowest BCUT2D eigenvalue weighted by Crippen LogP contribution is -2.23. The van der Waals surface area contributed by atoms with Crippen molar-refractivity contribution in [3.8, 4) is 0 Å². The molecule has 0 unspecified atom stereocenters. The lowest BCUT2D eigenvalue weighted by atomic mass is 9.80. The minimum Gasteiger partial charge on any atom is -0.302 e. The van der Waals surface area contributed by atoms with Crippen LogP contribution in [0.3, 0.4) is 0 Å². The maximum absolute atomic E-state index is 11.0. The molecule has 1 aromatic carbocycles. The standard InChI is InChI=1S/C12H16O/c1-3-9-12(2,10-13)11-7-5-4-6-8-11/h4-8,10H,3,9H2,1-2H3/t12-/m1/s1. The molecule has 1 atom stereocenters. The summed E-state index contributed by atoms with van der Waals surface area (Å²) in [6, 6.07) is 9.97. The Morgan fingerprint density at radius 3 is 2.38 bits per heavy atom. The van der Waals surface area contributed by atoms with Crippen LogP contribution in [-0.4, -0.2) is 6.29 Å². The molecule has 0 aliphatic carbocycles. The summed E-state index contributed by atoms with van der Waals surface area (Å²) in [5.74, 6) is 0. The Labute approximate surface area is 79.8 Å². The van der Waals surface area contributed by atoms with Crippen LogP contribution < -0.4 is 0 Å². The Kier molecular flexibility index (Phi) is 3.24. The maximum atomic E-state index is 11.0. The van der Waals surface area contributed by atoms with Crippen molar-refractivity contribution in [1.29, 1.82) is 0 Å². The van der Waals surface area contributed by atoms with Crippen LogP contribution in [0.5, 0.6) is 0 Å². The second kappa shape index (κ2) is 4.22. The molecular formula is C12H16O. The van der Waals surface area contributed by atoms with Crippen molar-refractivity contribution in [1.82, 2.24) is 0 Å². The molecule has 1 rings (SSSR count). The summed E-state index contributed by atoms with van der Waals surface area (Å²) in [5.41, 5.74) is 0.822. The fourth-order valence-corrected chi connectivity index (χ4v) is 1.61. The van der Waals surface area contributed by atoms with Crippen LogP contribution in [0.15, 0.2) is 30.3 Å². The molecule has 1 nitrogen and oxygen atoms in total. The van der Waals surface area contributed by atoms with Gasteiger partial charge in [0.05, 0.1) is 0 Å². The van der Waals surface area contributed by atoms with Gasteiger partial charge in [-0.2, -0.15) is 0 Å². The molecule has 0 aliphatic heterocycles. The maximum Gasteiger partial charge on any atom is 0.130 e. The third-order valence-electron chi connectivity index (χ3n) is 2.46. The number of carbonyl (C=O) groups excluding carboxylic acids is 1. The van der Waals surface area contributed by atoms with E-state index in [1.165, 1.54) is 0 Å². The zero-order chi connectivity index (χ0) is 9.73. The van der Waals surface area contributed by atoms with Crippen molar-refractivity contribution >= 4 is 6.29 Å². The summed E-state index contributed by atoms with van der Waals surface area (Å²) in [6.07, 6.45) is 3.01. The fraction of sp³-hybridized carbons (Fsp3) is 0.417. The highest BCUT2D eigenvalue weighted by Crippen LogP contribution is 2.26. The number of rotatable bonds is 4. The molecule has 70 valence electrons. The molecule has 0 aliphatic rings. The number of carbonyl (C=O) groups is 1. The molecule has 0 N–H and O–H groups in total. The van der Waals surface area contributed by atoms with Crippen LogP contribution in [0, 0.1) is 0 Å². The van der Waals surface area contributed by atoms with Gasteiger partial charge in [0.15, 0.2) is 0 Å². The molecule has 0 bridgehead atoms. The number of hydrogen-bond donors (Lipinski definition) is 0. The second-order valence-electron chi connectivity index (χ2n) is 3.65. The van der Waals surface area contributed by atoms with Crippen LogP contribution in [0.4, 0.5) is 0 Å². The summed E-state index contributed by atoms with van der Waals surface area (Å²) in [6.45, 7) is 4.10. The van der Waals surface area contributed by atoms with E-state index >= 15 is 0 Å². The van der Waals surface area contributed by atoms with Crippen LogP contribution in [-0.2, 0) is 10.2 Å². The molecule has 0 amide bonds. The van der Waals surface area contributed by atoms with Crippen molar-refractivity contribution in [2.45, 2.75) is 32.1 Å². The largest absolute Gasteiger partial charge is 0.302 e. The van der Waals surface area contributed by atoms with E-state index in [9.17, 15) is 4.79 Å². The van der Waals surface area contributed by atoms with E-state index in [2.05, 4.69) is 6.92 Å². The molecule has 0 radical (unpaired) electrons. The molecule has 13 heavy (non-hydrogen) atoms. The summed E-state index contributed by atoms with van der Waals surface area (Å²) in [7, 11) is 0. The minimum absolute atomic E-state index is 0.296. The highest BCUT2D eigenvalue weighted by Gasteiger charge is 2.24. The molecule has 0 saturated heterocycles. The topological polar surface area (TPSA) is 17.1 Å². The van der Waals surface area contributed by atoms with Crippen molar-refractivity contribution < 1.29 is 4.79 Å². The fourth-order valence-electron chi connectivity index (χ4n) is 1.61.